The molecule has 0 aliphatic carbocycles. The Hall–Kier alpha value is -3.32. The van der Waals surface area contributed by atoms with E-state index in [2.05, 4.69) is 17.0 Å². The van der Waals surface area contributed by atoms with Crippen LogP contribution in [-0.2, 0) is 20.0 Å². The molecule has 2 N–H and O–H groups in total. The first-order valence-electron chi connectivity index (χ1n) is 12.4. The largest absolute Gasteiger partial charge is 0.493 e. The van der Waals surface area contributed by atoms with E-state index in [0.29, 0.717) is 29.7 Å². The molecule has 40 heavy (non-hydrogen) atoms. The van der Waals surface area contributed by atoms with Crippen molar-refractivity contribution in [1.82, 2.24) is 4.31 Å². The number of nitrogens with zero attached hydrogens (tertiary/aromatic N) is 1. The molecule has 0 atom stereocenters. The minimum atomic E-state index is -4.10. The van der Waals surface area contributed by atoms with E-state index in [-0.39, 0.29) is 32.5 Å². The molecule has 0 aromatic heterocycles. The summed E-state index contributed by atoms with van der Waals surface area (Å²) in [6, 6.07) is 14.1. The Labute approximate surface area is 239 Å². The Morgan fingerprint density at radius 2 is 1.43 bits per heavy atom. The topological polar surface area (TPSA) is 131 Å². The van der Waals surface area contributed by atoms with E-state index in [4.69, 9.17) is 21.1 Å². The first-order chi connectivity index (χ1) is 18.9. The van der Waals surface area contributed by atoms with E-state index < -0.39 is 26.0 Å². The van der Waals surface area contributed by atoms with Crippen LogP contribution >= 0.6 is 11.6 Å². The SMILES string of the molecule is COc1cc(NS(=O)(=O)c2ccc(Cl)cc2)c(C(=O)Nc2ccc(S(=O)(=O)N3CCC(C)CC3)cc2)cc1OC. The van der Waals surface area contributed by atoms with Crippen LogP contribution in [0.1, 0.15) is 30.1 Å². The first kappa shape index (κ1) is 29.7. The molecule has 214 valence electrons. The number of carbonyl (C=O) groups is 1. The minimum Gasteiger partial charge on any atom is -0.493 e. The van der Waals surface area contributed by atoms with Crippen molar-refractivity contribution >= 4 is 48.9 Å². The zero-order chi connectivity index (χ0) is 29.1. The monoisotopic (exact) mass is 607 g/mol. The number of nitrogens with one attached hydrogen (secondary N) is 2. The van der Waals surface area contributed by atoms with Gasteiger partial charge in [0.15, 0.2) is 11.5 Å². The number of piperidine rings is 1. The average Bonchev–Trinajstić information content (AvgIpc) is 2.93. The number of hydrogen-bond donors (Lipinski definition) is 2. The van der Waals surface area contributed by atoms with Gasteiger partial charge in [0.2, 0.25) is 10.0 Å². The summed E-state index contributed by atoms with van der Waals surface area (Å²) in [6.45, 7) is 3.04. The van der Waals surface area contributed by atoms with E-state index >= 15 is 0 Å². The summed E-state index contributed by atoms with van der Waals surface area (Å²) in [4.78, 5) is 13.4. The Morgan fingerprint density at radius 3 is 2.00 bits per heavy atom. The number of benzene rings is 3. The molecule has 1 saturated heterocycles. The fourth-order valence-electron chi connectivity index (χ4n) is 4.25. The molecule has 0 saturated carbocycles. The number of ether oxygens (including phenoxy) is 2. The van der Waals surface area contributed by atoms with Gasteiger partial charge < -0.3 is 14.8 Å². The standard InChI is InChI=1S/C27H30ClN3O7S2/c1-18-12-14-31(15-13-18)40(35,36)22-10-6-20(7-11-22)29-27(32)23-16-25(37-2)26(38-3)17-24(23)30-39(33,34)21-8-4-19(28)5-9-21/h4-11,16-18,30H,12-15H2,1-3H3,(H,29,32). The van der Waals surface area contributed by atoms with Crippen LogP contribution in [0.25, 0.3) is 0 Å². The highest BCUT2D eigenvalue weighted by atomic mass is 35.5. The number of anilines is 2. The van der Waals surface area contributed by atoms with Gasteiger partial charge in [-0.1, -0.05) is 18.5 Å². The van der Waals surface area contributed by atoms with Gasteiger partial charge in [-0.05, 0) is 73.4 Å². The van der Waals surface area contributed by atoms with Gasteiger partial charge in [-0.25, -0.2) is 16.8 Å². The van der Waals surface area contributed by atoms with Gasteiger partial charge in [-0.15, -0.1) is 0 Å². The van der Waals surface area contributed by atoms with Gasteiger partial charge in [-0.2, -0.15) is 4.31 Å². The number of sulfonamides is 2. The number of carbonyl (C=O) groups excluding carboxylic acids is 1. The molecule has 0 spiro atoms. The average molecular weight is 608 g/mol. The molecule has 1 fully saturated rings. The summed E-state index contributed by atoms with van der Waals surface area (Å²) in [6.07, 6.45) is 1.62. The van der Waals surface area contributed by atoms with Crippen molar-refractivity contribution in [1.29, 1.82) is 0 Å². The molecular weight excluding hydrogens is 578 g/mol. The predicted molar refractivity (Wildman–Crippen MR) is 153 cm³/mol. The van der Waals surface area contributed by atoms with Gasteiger partial charge in [0, 0.05) is 29.9 Å². The van der Waals surface area contributed by atoms with Crippen molar-refractivity contribution in [3.8, 4) is 11.5 Å². The van der Waals surface area contributed by atoms with Gasteiger partial charge in [-0.3, -0.25) is 9.52 Å². The summed E-state index contributed by atoms with van der Waals surface area (Å²) in [5.74, 6) is 0.241. The van der Waals surface area contributed by atoms with E-state index in [1.54, 1.807) is 0 Å². The first-order valence-corrected chi connectivity index (χ1v) is 15.7. The molecule has 13 heteroatoms. The second-order valence-electron chi connectivity index (χ2n) is 9.38. The van der Waals surface area contributed by atoms with Crippen molar-refractivity contribution in [3.05, 3.63) is 71.2 Å². The maximum atomic E-state index is 13.3. The normalized spacial score (nSPS) is 14.9. The molecule has 10 nitrogen and oxygen atoms in total. The van der Waals surface area contributed by atoms with Crippen LogP contribution in [-0.4, -0.2) is 54.4 Å². The van der Waals surface area contributed by atoms with Crippen molar-refractivity contribution in [2.24, 2.45) is 5.92 Å². The third kappa shape index (κ3) is 6.52. The van der Waals surface area contributed by atoms with Crippen LogP contribution < -0.4 is 19.5 Å². The summed E-state index contributed by atoms with van der Waals surface area (Å²) in [7, 11) is -4.97. The highest BCUT2D eigenvalue weighted by molar-refractivity contribution is 7.92. The molecule has 3 aromatic carbocycles. The van der Waals surface area contributed by atoms with Crippen LogP contribution in [0.2, 0.25) is 5.02 Å². The predicted octanol–water partition coefficient (Wildman–Crippen LogP) is 4.83. The Morgan fingerprint density at radius 1 is 0.875 bits per heavy atom. The quantitative estimate of drug-likeness (QED) is 0.356. The van der Waals surface area contributed by atoms with E-state index in [1.807, 2.05) is 0 Å². The van der Waals surface area contributed by atoms with E-state index in [0.717, 1.165) is 12.8 Å². The van der Waals surface area contributed by atoms with E-state index in [1.165, 1.54) is 79.2 Å². The maximum Gasteiger partial charge on any atom is 0.261 e. The molecule has 1 aliphatic rings. The van der Waals surface area contributed by atoms with Crippen molar-refractivity contribution in [2.75, 3.05) is 37.3 Å². The fourth-order valence-corrected chi connectivity index (χ4v) is 6.92. The molecule has 3 aromatic rings. The van der Waals surface area contributed by atoms with E-state index in [9.17, 15) is 21.6 Å². The lowest BCUT2D eigenvalue weighted by Crippen LogP contribution is -2.37. The molecule has 0 unspecified atom stereocenters. The second-order valence-corrected chi connectivity index (χ2v) is 13.4. The molecule has 0 radical (unpaired) electrons. The molecule has 0 bridgehead atoms. The highest BCUT2D eigenvalue weighted by Gasteiger charge is 2.28. The zero-order valence-electron chi connectivity index (χ0n) is 22.2. The Bertz CT molecular complexity index is 1590. The summed E-state index contributed by atoms with van der Waals surface area (Å²) in [5, 5.41) is 3.06. The molecule has 1 amide bonds. The molecular formula is C27H30ClN3O7S2. The van der Waals surface area contributed by atoms with Crippen molar-refractivity contribution in [2.45, 2.75) is 29.6 Å². The second kappa shape index (κ2) is 12.0. The maximum absolute atomic E-state index is 13.3. The third-order valence-corrected chi connectivity index (χ3v) is 10.2. The Kier molecular flexibility index (Phi) is 8.93. The number of methoxy groups -OCH3 is 2. The lowest BCUT2D eigenvalue weighted by molar-refractivity contribution is 0.102. The number of halogens is 1. The minimum absolute atomic E-state index is 0.0469. The van der Waals surface area contributed by atoms with Crippen LogP contribution in [0.3, 0.4) is 0 Å². The van der Waals surface area contributed by atoms with Crippen LogP contribution in [0, 0.1) is 5.92 Å². The van der Waals surface area contributed by atoms with Crippen LogP contribution in [0.5, 0.6) is 11.5 Å². The number of hydrogen-bond acceptors (Lipinski definition) is 7. The van der Waals surface area contributed by atoms with Gasteiger partial charge in [0.25, 0.3) is 15.9 Å². The highest BCUT2D eigenvalue weighted by Crippen LogP contribution is 2.35. The lowest BCUT2D eigenvalue weighted by atomic mass is 10.0. The van der Waals surface area contributed by atoms with Crippen LogP contribution in [0.4, 0.5) is 11.4 Å². The van der Waals surface area contributed by atoms with Gasteiger partial charge in [0.05, 0.1) is 35.3 Å². The fraction of sp³-hybridized carbons (Fsp3) is 0.296. The third-order valence-electron chi connectivity index (χ3n) is 6.63. The lowest BCUT2D eigenvalue weighted by Gasteiger charge is -2.29. The zero-order valence-corrected chi connectivity index (χ0v) is 24.6. The van der Waals surface area contributed by atoms with Crippen molar-refractivity contribution < 1.29 is 31.1 Å². The number of amides is 1. The molecule has 1 heterocycles. The van der Waals surface area contributed by atoms with Crippen LogP contribution in [0.15, 0.2) is 70.5 Å². The summed E-state index contributed by atoms with van der Waals surface area (Å²) in [5.41, 5.74) is 0.218. The summed E-state index contributed by atoms with van der Waals surface area (Å²) >= 11 is 5.88. The number of rotatable bonds is 9. The Balaban J connectivity index is 1.60. The van der Waals surface area contributed by atoms with Crippen molar-refractivity contribution in [3.63, 3.8) is 0 Å². The smallest absolute Gasteiger partial charge is 0.261 e. The summed E-state index contributed by atoms with van der Waals surface area (Å²) < 4.78 is 66.7. The molecule has 4 rings (SSSR count). The molecule has 1 aliphatic heterocycles. The van der Waals surface area contributed by atoms with Gasteiger partial charge in [0.1, 0.15) is 0 Å². The van der Waals surface area contributed by atoms with Gasteiger partial charge >= 0.3 is 0 Å².